The number of fused-ring (bicyclic) bond motifs is 3. The summed E-state index contributed by atoms with van der Waals surface area (Å²) >= 11 is 0. The van der Waals surface area contributed by atoms with Crippen LogP contribution in [0.5, 0.6) is 0 Å². The van der Waals surface area contributed by atoms with Gasteiger partial charge in [-0.25, -0.2) is 4.79 Å². The fourth-order valence-corrected chi connectivity index (χ4v) is 4.55. The number of nitrogens with one attached hydrogen (secondary N) is 1. The molecule has 2 N–H and O–H groups in total. The third kappa shape index (κ3) is 5.35. The maximum atomic E-state index is 12.8. The van der Waals surface area contributed by atoms with E-state index in [-0.39, 0.29) is 43.9 Å². The number of ether oxygens (including phenoxy) is 1. The predicted molar refractivity (Wildman–Crippen MR) is 124 cm³/mol. The van der Waals surface area contributed by atoms with E-state index in [9.17, 15) is 14.4 Å². The number of nitrogens with zero attached hydrogens (tertiary/aromatic N) is 1. The van der Waals surface area contributed by atoms with Crippen molar-refractivity contribution >= 4 is 18.0 Å². The molecule has 0 aromatic heterocycles. The molecule has 0 spiro atoms. The molecule has 1 fully saturated rings. The molecule has 2 aromatic rings. The summed E-state index contributed by atoms with van der Waals surface area (Å²) in [6.07, 6.45) is 1.21. The lowest BCUT2D eigenvalue weighted by Gasteiger charge is -2.29. The molecule has 2 aliphatic rings. The molecule has 7 heteroatoms. The first-order chi connectivity index (χ1) is 15.7. The maximum Gasteiger partial charge on any atom is 0.407 e. The van der Waals surface area contributed by atoms with Crippen molar-refractivity contribution in [1.82, 2.24) is 10.2 Å². The monoisotopic (exact) mass is 450 g/mol. The lowest BCUT2D eigenvalue weighted by atomic mass is 9.98. The largest absolute Gasteiger partial charge is 0.481 e. The van der Waals surface area contributed by atoms with Crippen molar-refractivity contribution in [3.8, 4) is 11.1 Å². The molecule has 0 heterocycles. The second-order valence-electron chi connectivity index (χ2n) is 9.47. The summed E-state index contributed by atoms with van der Waals surface area (Å²) in [5.74, 6) is -1.11. The number of aliphatic carboxylic acids is 1. The molecule has 2 amide bonds. The van der Waals surface area contributed by atoms with Crippen LogP contribution in [0.25, 0.3) is 11.1 Å². The van der Waals surface area contributed by atoms with Gasteiger partial charge in [0.05, 0.1) is 6.42 Å². The average Bonchev–Trinajstić information content (AvgIpc) is 3.54. The van der Waals surface area contributed by atoms with Crippen LogP contribution in [0.2, 0.25) is 0 Å². The van der Waals surface area contributed by atoms with Crippen LogP contribution in [-0.4, -0.2) is 52.7 Å². The molecule has 0 atom stereocenters. The highest BCUT2D eigenvalue weighted by molar-refractivity contribution is 5.81. The van der Waals surface area contributed by atoms with Crippen LogP contribution in [-0.2, 0) is 14.3 Å². The Balaban J connectivity index is 1.35. The SMILES string of the molecule is CC(C)(CC(=O)N(CCC(=O)O)C1CC1)NC(=O)OCC1c2ccccc2-c2ccccc21. The van der Waals surface area contributed by atoms with E-state index in [1.165, 1.54) is 0 Å². The maximum absolute atomic E-state index is 12.8. The Bertz CT molecular complexity index is 1010. The molecule has 4 rings (SSSR count). The number of benzene rings is 2. The summed E-state index contributed by atoms with van der Waals surface area (Å²) in [6, 6.07) is 16.4. The Morgan fingerprint density at radius 2 is 1.61 bits per heavy atom. The highest BCUT2D eigenvalue weighted by Gasteiger charge is 2.36. The van der Waals surface area contributed by atoms with Gasteiger partial charge < -0.3 is 20.1 Å². The molecule has 0 saturated heterocycles. The van der Waals surface area contributed by atoms with Gasteiger partial charge in [-0.05, 0) is 48.9 Å². The van der Waals surface area contributed by atoms with Crippen molar-refractivity contribution in [2.45, 2.75) is 57.0 Å². The third-order valence-electron chi connectivity index (χ3n) is 6.25. The molecule has 0 bridgehead atoms. The molecule has 0 unspecified atom stereocenters. The second-order valence-corrected chi connectivity index (χ2v) is 9.47. The molecule has 2 aliphatic carbocycles. The molecular weight excluding hydrogens is 420 g/mol. The van der Waals surface area contributed by atoms with E-state index >= 15 is 0 Å². The highest BCUT2D eigenvalue weighted by atomic mass is 16.5. The zero-order valence-electron chi connectivity index (χ0n) is 19.0. The van der Waals surface area contributed by atoms with Crippen LogP contribution in [0.15, 0.2) is 48.5 Å². The zero-order valence-corrected chi connectivity index (χ0v) is 19.0. The van der Waals surface area contributed by atoms with Crippen molar-refractivity contribution in [2.75, 3.05) is 13.2 Å². The Hall–Kier alpha value is -3.35. The number of amides is 2. The highest BCUT2D eigenvalue weighted by Crippen LogP contribution is 2.44. The summed E-state index contributed by atoms with van der Waals surface area (Å²) in [6.45, 7) is 3.94. The van der Waals surface area contributed by atoms with E-state index in [2.05, 4.69) is 29.6 Å². The van der Waals surface area contributed by atoms with Crippen molar-refractivity contribution < 1.29 is 24.2 Å². The molecular formula is C26H30N2O5. The van der Waals surface area contributed by atoms with Gasteiger partial charge in [0.25, 0.3) is 0 Å². The van der Waals surface area contributed by atoms with Crippen molar-refractivity contribution in [2.24, 2.45) is 0 Å². The minimum atomic E-state index is -0.926. The van der Waals surface area contributed by atoms with Gasteiger partial charge >= 0.3 is 12.1 Å². The smallest absolute Gasteiger partial charge is 0.407 e. The first kappa shape index (κ1) is 22.8. The number of alkyl carbamates (subject to hydrolysis) is 1. The standard InChI is InChI=1S/C26H30N2O5/c1-26(2,15-23(29)28(17-11-12-17)14-13-24(30)31)27-25(32)33-16-22-20-9-5-3-7-18(20)19-8-4-6-10-21(19)22/h3-10,17,22H,11-16H2,1-2H3,(H,27,32)(H,30,31). The van der Waals surface area contributed by atoms with Crippen molar-refractivity contribution in [1.29, 1.82) is 0 Å². The summed E-state index contributed by atoms with van der Waals surface area (Å²) in [5, 5.41) is 11.8. The van der Waals surface area contributed by atoms with Gasteiger partial charge in [0.2, 0.25) is 5.91 Å². The number of carbonyl (C=O) groups excluding carboxylic acids is 2. The minimum Gasteiger partial charge on any atom is -0.481 e. The number of carbonyl (C=O) groups is 3. The van der Waals surface area contributed by atoms with Crippen molar-refractivity contribution in [3.05, 3.63) is 59.7 Å². The van der Waals surface area contributed by atoms with E-state index < -0.39 is 17.6 Å². The minimum absolute atomic E-state index is 0.0331. The van der Waals surface area contributed by atoms with Gasteiger partial charge in [-0.1, -0.05) is 48.5 Å². The van der Waals surface area contributed by atoms with Gasteiger partial charge in [-0.15, -0.1) is 0 Å². The number of rotatable bonds is 9. The van der Waals surface area contributed by atoms with E-state index in [0.717, 1.165) is 35.1 Å². The van der Waals surface area contributed by atoms with Crippen LogP contribution in [0.4, 0.5) is 4.79 Å². The lowest BCUT2D eigenvalue weighted by Crippen LogP contribution is -2.48. The number of carboxylic acids is 1. The van der Waals surface area contributed by atoms with Crippen LogP contribution in [0, 0.1) is 0 Å². The Labute approximate surface area is 193 Å². The number of hydrogen-bond donors (Lipinski definition) is 2. The molecule has 174 valence electrons. The number of carboxylic acid groups (broad SMARTS) is 1. The topological polar surface area (TPSA) is 95.9 Å². The summed E-state index contributed by atoms with van der Waals surface area (Å²) in [5.41, 5.74) is 3.78. The fraction of sp³-hybridized carbons (Fsp3) is 0.423. The second kappa shape index (κ2) is 9.25. The van der Waals surface area contributed by atoms with Gasteiger partial charge in [-0.2, -0.15) is 0 Å². The molecule has 0 radical (unpaired) electrons. The molecule has 0 aliphatic heterocycles. The molecule has 33 heavy (non-hydrogen) atoms. The first-order valence-corrected chi connectivity index (χ1v) is 11.4. The van der Waals surface area contributed by atoms with Gasteiger partial charge in [0.15, 0.2) is 0 Å². The first-order valence-electron chi connectivity index (χ1n) is 11.4. The van der Waals surface area contributed by atoms with Crippen LogP contribution in [0.3, 0.4) is 0 Å². The van der Waals surface area contributed by atoms with Crippen LogP contribution >= 0.6 is 0 Å². The van der Waals surface area contributed by atoms with Gasteiger partial charge in [0, 0.05) is 30.5 Å². The van der Waals surface area contributed by atoms with Crippen molar-refractivity contribution in [3.63, 3.8) is 0 Å². The Morgan fingerprint density at radius 3 is 2.15 bits per heavy atom. The summed E-state index contributed by atoms with van der Waals surface area (Å²) < 4.78 is 5.60. The molecule has 1 saturated carbocycles. The fourth-order valence-electron chi connectivity index (χ4n) is 4.55. The van der Waals surface area contributed by atoms with E-state index in [1.807, 2.05) is 24.3 Å². The number of hydrogen-bond acceptors (Lipinski definition) is 4. The predicted octanol–water partition coefficient (Wildman–Crippen LogP) is 4.16. The normalized spacial score (nSPS) is 14.8. The lowest BCUT2D eigenvalue weighted by molar-refractivity contribution is -0.139. The third-order valence-corrected chi connectivity index (χ3v) is 6.25. The molecule has 2 aromatic carbocycles. The quantitative estimate of drug-likeness (QED) is 0.598. The summed E-state index contributed by atoms with van der Waals surface area (Å²) in [7, 11) is 0. The zero-order chi connectivity index (χ0) is 23.6. The van der Waals surface area contributed by atoms with Gasteiger partial charge in [0.1, 0.15) is 6.61 Å². The Morgan fingerprint density at radius 1 is 1.03 bits per heavy atom. The summed E-state index contributed by atoms with van der Waals surface area (Å²) in [4.78, 5) is 38.0. The van der Waals surface area contributed by atoms with E-state index in [4.69, 9.17) is 9.84 Å². The van der Waals surface area contributed by atoms with E-state index in [0.29, 0.717) is 0 Å². The Kier molecular flexibility index (Phi) is 6.40. The average molecular weight is 451 g/mol. The van der Waals surface area contributed by atoms with Gasteiger partial charge in [-0.3, -0.25) is 9.59 Å². The molecule has 7 nitrogen and oxygen atoms in total. The van der Waals surface area contributed by atoms with E-state index in [1.54, 1.807) is 18.7 Å². The van der Waals surface area contributed by atoms with Crippen LogP contribution in [0.1, 0.15) is 56.6 Å². The van der Waals surface area contributed by atoms with Crippen LogP contribution < -0.4 is 5.32 Å².